The topological polar surface area (TPSA) is 23.6 Å². The lowest BCUT2D eigenvalue weighted by atomic mass is 9.81. The summed E-state index contributed by atoms with van der Waals surface area (Å²) < 4.78 is 39.0. The maximum absolute atomic E-state index is 13.0. The molecular weight excluding hydrogens is 341 g/mol. The molecule has 3 rings (SSSR count). The molecule has 0 aromatic heterocycles. The van der Waals surface area contributed by atoms with Gasteiger partial charge in [0.2, 0.25) is 0 Å². The monoisotopic (exact) mass is 360 g/mol. The van der Waals surface area contributed by atoms with Gasteiger partial charge in [0.15, 0.2) is 0 Å². The average molecular weight is 361 g/mol. The van der Waals surface area contributed by atoms with Gasteiger partial charge < -0.3 is 4.90 Å². The fourth-order valence-corrected chi connectivity index (χ4v) is 3.94. The van der Waals surface area contributed by atoms with E-state index < -0.39 is 17.5 Å². The van der Waals surface area contributed by atoms with E-state index in [4.69, 9.17) is 11.6 Å². The van der Waals surface area contributed by atoms with Gasteiger partial charge >= 0.3 is 12.1 Å². The van der Waals surface area contributed by atoms with Crippen molar-refractivity contribution in [2.45, 2.75) is 44.3 Å². The number of rotatable bonds is 0. The maximum atomic E-state index is 13.0. The van der Waals surface area contributed by atoms with Crippen LogP contribution in [0.15, 0.2) is 18.2 Å². The molecule has 1 unspecified atom stereocenters. The van der Waals surface area contributed by atoms with Gasteiger partial charge in [-0.15, -0.1) is 0 Å². The second kappa shape index (κ2) is 5.36. The Labute approximate surface area is 144 Å². The van der Waals surface area contributed by atoms with Crippen LogP contribution in [0.5, 0.6) is 0 Å². The fourth-order valence-electron chi connectivity index (χ4n) is 3.77. The Hall–Kier alpha value is -1.27. The predicted molar refractivity (Wildman–Crippen MR) is 87.5 cm³/mol. The smallest absolute Gasteiger partial charge is 0.303 e. The summed E-state index contributed by atoms with van der Waals surface area (Å²) in [6.07, 6.45) is -4.18. The molecule has 1 amide bonds. The van der Waals surface area contributed by atoms with Crippen LogP contribution < -0.4 is 4.90 Å². The van der Waals surface area contributed by atoms with Crippen LogP contribution in [0.3, 0.4) is 0 Å². The Morgan fingerprint density at radius 2 is 1.88 bits per heavy atom. The van der Waals surface area contributed by atoms with Gasteiger partial charge in [-0.2, -0.15) is 13.2 Å². The van der Waals surface area contributed by atoms with E-state index in [0.29, 0.717) is 23.7 Å². The van der Waals surface area contributed by atoms with Crippen molar-refractivity contribution in [3.63, 3.8) is 0 Å². The number of anilines is 1. The molecule has 7 heteroatoms. The minimum absolute atomic E-state index is 0.0492. The van der Waals surface area contributed by atoms with Gasteiger partial charge in [0, 0.05) is 34.8 Å². The van der Waals surface area contributed by atoms with E-state index in [1.807, 2.05) is 0 Å². The standard InChI is InChI=1S/C17H20ClF3N2O/c1-15(2,3)22-7-6-16(9-22)10-23(14(24)17(19,20)21)13-5-4-11(18)8-12(13)16/h4-5,8H,6-7,9-10H2,1-3H3. The van der Waals surface area contributed by atoms with Gasteiger partial charge in [0.1, 0.15) is 0 Å². The lowest BCUT2D eigenvalue weighted by Crippen LogP contribution is -2.46. The van der Waals surface area contributed by atoms with E-state index >= 15 is 0 Å². The number of fused-ring (bicyclic) bond motifs is 2. The zero-order valence-electron chi connectivity index (χ0n) is 13.9. The van der Waals surface area contributed by atoms with Crippen LogP contribution in [0, 0.1) is 0 Å². The number of benzene rings is 1. The summed E-state index contributed by atoms with van der Waals surface area (Å²) in [5.41, 5.74) is 0.509. The molecule has 0 bridgehead atoms. The van der Waals surface area contributed by atoms with Crippen molar-refractivity contribution in [3.8, 4) is 0 Å². The van der Waals surface area contributed by atoms with E-state index in [-0.39, 0.29) is 12.1 Å². The van der Waals surface area contributed by atoms with Gasteiger partial charge in [0.05, 0.1) is 0 Å². The molecule has 0 saturated carbocycles. The van der Waals surface area contributed by atoms with Crippen LogP contribution in [0.4, 0.5) is 18.9 Å². The Bertz CT molecular complexity index is 683. The van der Waals surface area contributed by atoms with Gasteiger partial charge in [-0.05, 0) is 57.5 Å². The lowest BCUT2D eigenvalue weighted by molar-refractivity contribution is -0.170. The zero-order valence-corrected chi connectivity index (χ0v) is 14.6. The molecule has 0 N–H and O–H groups in total. The fraction of sp³-hybridized carbons (Fsp3) is 0.588. The molecule has 132 valence electrons. The number of halogens is 4. The second-order valence-corrected chi connectivity index (χ2v) is 8.11. The molecule has 2 heterocycles. The Kier molecular flexibility index (Phi) is 3.92. The summed E-state index contributed by atoms with van der Waals surface area (Å²) in [4.78, 5) is 15.0. The van der Waals surface area contributed by atoms with Gasteiger partial charge in [-0.3, -0.25) is 9.69 Å². The van der Waals surface area contributed by atoms with E-state index in [1.165, 1.54) is 12.1 Å². The van der Waals surface area contributed by atoms with E-state index in [1.54, 1.807) is 6.07 Å². The molecule has 24 heavy (non-hydrogen) atoms. The van der Waals surface area contributed by atoms with Crippen molar-refractivity contribution >= 4 is 23.2 Å². The van der Waals surface area contributed by atoms with Crippen LogP contribution in [0.2, 0.25) is 5.02 Å². The number of amides is 1. The first kappa shape index (κ1) is 17.5. The number of alkyl halides is 3. The van der Waals surface area contributed by atoms with Crippen molar-refractivity contribution in [2.24, 2.45) is 0 Å². The SMILES string of the molecule is CC(C)(C)N1CCC2(CN(C(=O)C(F)(F)F)c3ccc(Cl)cc32)C1. The third-order valence-electron chi connectivity index (χ3n) is 5.07. The molecule has 1 atom stereocenters. The minimum atomic E-state index is -4.88. The van der Waals surface area contributed by atoms with Gasteiger partial charge in [0.25, 0.3) is 0 Å². The van der Waals surface area contributed by atoms with Crippen molar-refractivity contribution < 1.29 is 18.0 Å². The third-order valence-corrected chi connectivity index (χ3v) is 5.31. The van der Waals surface area contributed by atoms with Crippen molar-refractivity contribution in [2.75, 3.05) is 24.5 Å². The first-order valence-electron chi connectivity index (χ1n) is 7.88. The summed E-state index contributed by atoms with van der Waals surface area (Å²) in [5.74, 6) is -1.81. The highest BCUT2D eigenvalue weighted by Gasteiger charge is 2.54. The van der Waals surface area contributed by atoms with E-state index in [2.05, 4.69) is 25.7 Å². The number of hydrogen-bond acceptors (Lipinski definition) is 2. The molecule has 2 aliphatic rings. The Morgan fingerprint density at radius 3 is 2.42 bits per heavy atom. The summed E-state index contributed by atoms with van der Waals surface area (Å²) >= 11 is 6.09. The van der Waals surface area contributed by atoms with Crippen molar-refractivity contribution in [3.05, 3.63) is 28.8 Å². The van der Waals surface area contributed by atoms with E-state index in [9.17, 15) is 18.0 Å². The van der Waals surface area contributed by atoms with Crippen LogP contribution >= 0.6 is 11.6 Å². The highest BCUT2D eigenvalue weighted by atomic mass is 35.5. The highest BCUT2D eigenvalue weighted by Crippen LogP contribution is 2.49. The quantitative estimate of drug-likeness (QED) is 0.698. The number of nitrogens with zero attached hydrogens (tertiary/aromatic N) is 2. The van der Waals surface area contributed by atoms with Crippen LogP contribution in [-0.4, -0.2) is 42.2 Å². The Balaban J connectivity index is 2.03. The zero-order chi connectivity index (χ0) is 17.9. The van der Waals surface area contributed by atoms with Crippen LogP contribution in [0.1, 0.15) is 32.8 Å². The molecule has 0 radical (unpaired) electrons. The van der Waals surface area contributed by atoms with Crippen molar-refractivity contribution in [1.82, 2.24) is 4.90 Å². The average Bonchev–Trinajstić information content (AvgIpc) is 3.01. The Morgan fingerprint density at radius 1 is 1.21 bits per heavy atom. The molecule has 3 nitrogen and oxygen atoms in total. The predicted octanol–water partition coefficient (Wildman–Crippen LogP) is 3.99. The summed E-state index contributed by atoms with van der Waals surface area (Å²) in [7, 11) is 0. The number of hydrogen-bond donors (Lipinski definition) is 0. The first-order chi connectivity index (χ1) is 10.9. The molecule has 1 saturated heterocycles. The third kappa shape index (κ3) is 2.80. The van der Waals surface area contributed by atoms with Gasteiger partial charge in [-0.1, -0.05) is 11.6 Å². The first-order valence-corrected chi connectivity index (χ1v) is 8.26. The molecule has 1 spiro atoms. The highest BCUT2D eigenvalue weighted by molar-refractivity contribution is 6.30. The van der Waals surface area contributed by atoms with Crippen LogP contribution in [0.25, 0.3) is 0 Å². The molecule has 1 aromatic rings. The van der Waals surface area contributed by atoms with E-state index in [0.717, 1.165) is 17.0 Å². The van der Waals surface area contributed by atoms with Crippen molar-refractivity contribution in [1.29, 1.82) is 0 Å². The molecular formula is C17H20ClF3N2O. The number of carbonyl (C=O) groups is 1. The summed E-state index contributed by atoms with van der Waals surface area (Å²) in [6, 6.07) is 4.77. The van der Waals surface area contributed by atoms with Gasteiger partial charge in [-0.25, -0.2) is 0 Å². The summed E-state index contributed by atoms with van der Waals surface area (Å²) in [6.45, 7) is 7.69. The van der Waals surface area contributed by atoms with Crippen LogP contribution in [-0.2, 0) is 10.2 Å². The molecule has 0 aliphatic carbocycles. The number of likely N-dealkylation sites (tertiary alicyclic amines) is 1. The summed E-state index contributed by atoms with van der Waals surface area (Å²) in [5, 5.41) is 0.476. The molecule has 1 aromatic carbocycles. The number of carbonyl (C=O) groups excluding carboxylic acids is 1. The maximum Gasteiger partial charge on any atom is 0.471 e. The largest absolute Gasteiger partial charge is 0.471 e. The lowest BCUT2D eigenvalue weighted by Gasteiger charge is -2.34. The minimum Gasteiger partial charge on any atom is -0.303 e. The normalized spacial score (nSPS) is 24.7. The molecule has 2 aliphatic heterocycles. The molecule has 1 fully saturated rings. The second-order valence-electron chi connectivity index (χ2n) is 7.67.